The summed E-state index contributed by atoms with van der Waals surface area (Å²) in [5.74, 6) is -1.82. The third-order valence-electron chi connectivity index (χ3n) is 3.94. The largest absolute Gasteiger partial charge is 0.547 e. The van der Waals surface area contributed by atoms with Crippen molar-refractivity contribution in [2.24, 2.45) is 0 Å². The maximum atomic E-state index is 12.5. The number of carbonyl (C=O) groups excluding carboxylic acids is 3. The van der Waals surface area contributed by atoms with Gasteiger partial charge >= 0.3 is 19.2 Å². The summed E-state index contributed by atoms with van der Waals surface area (Å²) in [5.41, 5.74) is 0.610. The number of ether oxygens (including phenoxy) is 3. The first kappa shape index (κ1) is 23.8. The van der Waals surface area contributed by atoms with Gasteiger partial charge in [0.2, 0.25) is 12.2 Å². The molecular formula is C18H20BIN2O8. The Morgan fingerprint density at radius 3 is 2.77 bits per heavy atom. The molecule has 0 spiro atoms. The Balaban J connectivity index is 2.05. The summed E-state index contributed by atoms with van der Waals surface area (Å²) in [5, 5.41) is 21.4. The number of rotatable bonds is 7. The van der Waals surface area contributed by atoms with E-state index in [4.69, 9.17) is 24.1 Å². The Hall–Kier alpha value is -2.53. The Kier molecular flexibility index (Phi) is 8.73. The smallest absolute Gasteiger partial charge is 0.534 e. The van der Waals surface area contributed by atoms with E-state index in [1.165, 1.54) is 13.0 Å². The lowest BCUT2D eigenvalue weighted by atomic mass is 9.72. The highest BCUT2D eigenvalue weighted by atomic mass is 127. The fraction of sp³-hybridized carbons (Fsp3) is 0.444. The molecule has 2 unspecified atom stereocenters. The number of nitrogens with zero attached hydrogens (tertiary/aromatic N) is 1. The minimum absolute atomic E-state index is 0.00953. The van der Waals surface area contributed by atoms with E-state index in [-0.39, 0.29) is 36.5 Å². The average Bonchev–Trinajstić information content (AvgIpc) is 2.65. The molecule has 1 aromatic rings. The van der Waals surface area contributed by atoms with Crippen LogP contribution in [0.5, 0.6) is 5.75 Å². The molecule has 1 heterocycles. The molecule has 10 nitrogen and oxygen atoms in total. The standard InChI is InChI=1S/C18H20BIN2O8/c1-10(20)27-18(25)29-11(2)28-17(24)13-6-3-5-12-9-14(19(26)30-16(12)13)22-15(23)7-4-8-21/h3,5-6,10-11,14,26H,4,7,9H2,1-2H3,(H,22,23)/t10?,11?,14-/m0/s1. The van der Waals surface area contributed by atoms with E-state index in [0.717, 1.165) is 0 Å². The number of alkyl halides is 1. The molecule has 1 aliphatic rings. The number of nitrogens with one attached hydrogen (secondary N) is 1. The van der Waals surface area contributed by atoms with Crippen molar-refractivity contribution in [2.45, 2.75) is 49.5 Å². The zero-order valence-corrected chi connectivity index (χ0v) is 18.5. The molecular weight excluding hydrogens is 510 g/mol. The first-order valence-electron chi connectivity index (χ1n) is 9.06. The second-order valence-electron chi connectivity index (χ2n) is 6.34. The van der Waals surface area contributed by atoms with Crippen LogP contribution in [0.25, 0.3) is 0 Å². The number of esters is 1. The summed E-state index contributed by atoms with van der Waals surface area (Å²) >= 11 is 1.87. The number of carbonyl (C=O) groups is 3. The highest BCUT2D eigenvalue weighted by Crippen LogP contribution is 2.31. The van der Waals surface area contributed by atoms with Gasteiger partial charge in [-0.05, 0) is 47.6 Å². The lowest BCUT2D eigenvalue weighted by molar-refractivity contribution is -0.121. The van der Waals surface area contributed by atoms with E-state index in [1.807, 2.05) is 28.7 Å². The van der Waals surface area contributed by atoms with E-state index in [9.17, 15) is 19.4 Å². The van der Waals surface area contributed by atoms with Crippen molar-refractivity contribution < 1.29 is 38.3 Å². The number of fused-ring (bicyclic) bond motifs is 1. The van der Waals surface area contributed by atoms with Gasteiger partial charge in [0.1, 0.15) is 11.3 Å². The van der Waals surface area contributed by atoms with E-state index in [1.54, 1.807) is 19.1 Å². The van der Waals surface area contributed by atoms with Crippen molar-refractivity contribution >= 4 is 47.7 Å². The van der Waals surface area contributed by atoms with Gasteiger partial charge in [-0.1, -0.05) is 12.1 Å². The molecule has 2 N–H and O–H groups in total. The summed E-state index contributed by atoms with van der Waals surface area (Å²) in [4.78, 5) is 35.8. The molecule has 1 amide bonds. The molecule has 0 bridgehead atoms. The van der Waals surface area contributed by atoms with Crippen LogP contribution in [-0.4, -0.2) is 46.5 Å². The van der Waals surface area contributed by atoms with Crippen LogP contribution in [0.4, 0.5) is 4.79 Å². The quantitative estimate of drug-likeness (QED) is 0.178. The summed E-state index contributed by atoms with van der Waals surface area (Å²) in [6.07, 6.45) is -1.91. The minimum Gasteiger partial charge on any atom is -0.534 e. The molecule has 0 fully saturated rings. The molecule has 0 saturated heterocycles. The highest BCUT2D eigenvalue weighted by Gasteiger charge is 2.38. The number of para-hydroxylation sites is 1. The van der Waals surface area contributed by atoms with Crippen LogP contribution < -0.4 is 9.97 Å². The minimum atomic E-state index is -1.40. The Bertz CT molecular complexity index is 844. The SMILES string of the molecule is CC(I)OC(=O)OC(C)OC(=O)c1cccc2c1OB(O)[C@@H](NC(=O)CCC#N)C2. The van der Waals surface area contributed by atoms with Gasteiger partial charge in [-0.2, -0.15) is 5.26 Å². The van der Waals surface area contributed by atoms with Crippen LogP contribution in [0, 0.1) is 11.3 Å². The number of benzene rings is 1. The monoisotopic (exact) mass is 530 g/mol. The van der Waals surface area contributed by atoms with E-state index in [2.05, 4.69) is 5.32 Å². The zero-order valence-electron chi connectivity index (χ0n) is 16.3. The third-order valence-corrected chi connectivity index (χ3v) is 4.20. The van der Waals surface area contributed by atoms with E-state index < -0.39 is 35.6 Å². The maximum absolute atomic E-state index is 12.5. The van der Waals surface area contributed by atoms with Crippen LogP contribution in [0.3, 0.4) is 0 Å². The summed E-state index contributed by atoms with van der Waals surface area (Å²) in [7, 11) is -1.40. The van der Waals surface area contributed by atoms with Gasteiger partial charge in [-0.15, -0.1) is 0 Å². The number of halogens is 1. The zero-order chi connectivity index (χ0) is 22.3. The summed E-state index contributed by atoms with van der Waals surface area (Å²) < 4.78 is 19.8. The number of hydrogen-bond acceptors (Lipinski definition) is 9. The predicted molar refractivity (Wildman–Crippen MR) is 111 cm³/mol. The van der Waals surface area contributed by atoms with Gasteiger partial charge in [-0.25, -0.2) is 9.59 Å². The van der Waals surface area contributed by atoms with Crippen molar-refractivity contribution in [1.29, 1.82) is 5.26 Å². The first-order chi connectivity index (χ1) is 14.2. The van der Waals surface area contributed by atoms with Gasteiger partial charge < -0.3 is 29.2 Å². The number of amides is 1. The second-order valence-corrected chi connectivity index (χ2v) is 8.09. The summed E-state index contributed by atoms with van der Waals surface area (Å²) in [6, 6.07) is 6.60. The highest BCUT2D eigenvalue weighted by molar-refractivity contribution is 14.1. The molecule has 1 aromatic carbocycles. The molecule has 0 saturated carbocycles. The molecule has 1 aliphatic heterocycles. The normalized spacial score (nSPS) is 16.8. The molecule has 160 valence electrons. The number of nitriles is 1. The first-order valence-corrected chi connectivity index (χ1v) is 10.3. The Morgan fingerprint density at radius 1 is 1.37 bits per heavy atom. The van der Waals surface area contributed by atoms with Gasteiger partial charge in [0.25, 0.3) is 0 Å². The van der Waals surface area contributed by atoms with Crippen LogP contribution in [0.2, 0.25) is 0 Å². The van der Waals surface area contributed by atoms with Crippen molar-refractivity contribution in [3.8, 4) is 11.8 Å². The molecule has 0 radical (unpaired) electrons. The molecule has 12 heteroatoms. The third kappa shape index (κ3) is 6.77. The summed E-state index contributed by atoms with van der Waals surface area (Å²) in [6.45, 7) is 2.99. The van der Waals surface area contributed by atoms with Gasteiger partial charge in [-0.3, -0.25) is 4.79 Å². The Labute approximate surface area is 187 Å². The van der Waals surface area contributed by atoms with Crippen molar-refractivity contribution in [2.75, 3.05) is 0 Å². The van der Waals surface area contributed by atoms with Crippen molar-refractivity contribution in [1.82, 2.24) is 5.32 Å². The fourth-order valence-corrected chi connectivity index (χ4v) is 2.90. The topological polar surface area (TPSA) is 144 Å². The van der Waals surface area contributed by atoms with E-state index >= 15 is 0 Å². The van der Waals surface area contributed by atoms with Crippen LogP contribution >= 0.6 is 22.6 Å². The van der Waals surface area contributed by atoms with Gasteiger partial charge in [0.15, 0.2) is 4.11 Å². The average molecular weight is 530 g/mol. The van der Waals surface area contributed by atoms with E-state index in [0.29, 0.717) is 5.56 Å². The van der Waals surface area contributed by atoms with Crippen LogP contribution in [0.15, 0.2) is 18.2 Å². The van der Waals surface area contributed by atoms with Gasteiger partial charge in [0, 0.05) is 19.8 Å². The molecule has 0 aromatic heterocycles. The lowest BCUT2D eigenvalue weighted by Crippen LogP contribution is -2.53. The molecule has 30 heavy (non-hydrogen) atoms. The van der Waals surface area contributed by atoms with Gasteiger partial charge in [0.05, 0.1) is 12.0 Å². The number of hydrogen-bond donors (Lipinski definition) is 2. The fourth-order valence-electron chi connectivity index (χ4n) is 2.69. The van der Waals surface area contributed by atoms with Crippen molar-refractivity contribution in [3.63, 3.8) is 0 Å². The Morgan fingerprint density at radius 2 is 2.10 bits per heavy atom. The van der Waals surface area contributed by atoms with Crippen LogP contribution in [0.1, 0.15) is 42.6 Å². The predicted octanol–water partition coefficient (Wildman–Crippen LogP) is 1.87. The van der Waals surface area contributed by atoms with Crippen LogP contribution in [-0.2, 0) is 25.4 Å². The molecule has 0 aliphatic carbocycles. The van der Waals surface area contributed by atoms with Crippen molar-refractivity contribution in [3.05, 3.63) is 29.3 Å². The second kappa shape index (κ2) is 11.0. The molecule has 2 rings (SSSR count). The molecule has 3 atom stereocenters. The lowest BCUT2D eigenvalue weighted by Gasteiger charge is -2.29. The maximum Gasteiger partial charge on any atom is 0.547 e.